The molecule has 0 atom stereocenters. The topological polar surface area (TPSA) is 0 Å². The first-order valence-corrected chi connectivity index (χ1v) is 0. The maximum atomic E-state index is 0. The van der Waals surface area contributed by atoms with E-state index in [0.29, 0.717) is 0 Å². The molecule has 0 aliphatic carbocycles. The van der Waals surface area contributed by atoms with Crippen LogP contribution in [0.5, 0.6) is 0 Å². The van der Waals surface area contributed by atoms with Gasteiger partial charge in [-0.25, -0.2) is 0 Å². The average Bonchev–Trinajstić information content (AvgIpc) is 0. The Morgan fingerprint density at radius 2 is 1.00 bits per heavy atom. The van der Waals surface area contributed by atoms with E-state index in [-0.39, 0.29) is 65.0 Å². The Balaban J connectivity index is 0. The standard InChI is InChI=1S/C.Fe.Mn.P.S. The molecule has 0 bridgehead atoms. The number of rotatable bonds is 0. The van der Waals surface area contributed by atoms with Crippen LogP contribution in [0.25, 0.3) is 0 Å². The summed E-state index contributed by atoms with van der Waals surface area (Å²) in [6.45, 7) is 0. The Hall–Kier alpha value is 1.82. The Labute approximate surface area is 64.9 Å². The Kier molecular flexibility index (Phi) is 570. The van der Waals surface area contributed by atoms with Crippen molar-refractivity contribution in [2.45, 2.75) is 0 Å². The van der Waals surface area contributed by atoms with Gasteiger partial charge in [0.2, 0.25) is 0 Å². The van der Waals surface area contributed by atoms with E-state index in [2.05, 4.69) is 0 Å². The summed E-state index contributed by atoms with van der Waals surface area (Å²) in [5.74, 6) is 0. The Bertz CT molecular complexity index is 11.6. The predicted molar refractivity (Wildman–Crippen MR) is 17.8 cm³/mol. The van der Waals surface area contributed by atoms with Crippen molar-refractivity contribution in [3.05, 3.63) is 7.43 Å². The van der Waals surface area contributed by atoms with Crippen LogP contribution in [-0.2, 0) is 34.1 Å². The third-order valence-electron chi connectivity index (χ3n) is 0. The molecule has 0 saturated carbocycles. The Morgan fingerprint density at radius 3 is 1.00 bits per heavy atom. The zero-order valence-corrected chi connectivity index (χ0v) is 6.08. The summed E-state index contributed by atoms with van der Waals surface area (Å²) >= 11 is 0. The smallest absolute Gasteiger partial charge is 0 e. The molecule has 0 amide bonds. The monoisotopic (exact) mass is 186 g/mol. The van der Waals surface area contributed by atoms with E-state index in [1.807, 2.05) is 0 Å². The fraction of sp³-hybridized carbons (Fsp3) is 0. The first-order chi connectivity index (χ1) is 0. The molecule has 0 aliphatic rings. The third-order valence-corrected chi connectivity index (χ3v) is 0. The molecule has 0 aromatic rings. The molecule has 4 heteroatoms. The van der Waals surface area contributed by atoms with Crippen LogP contribution < -0.4 is 0 Å². The number of hydrogen-bond acceptors (Lipinski definition) is 0. The molecule has 0 rings (SSSR count). The summed E-state index contributed by atoms with van der Waals surface area (Å²) in [6.07, 6.45) is 0. The third kappa shape index (κ3) is 25.7. The van der Waals surface area contributed by atoms with E-state index in [0.717, 1.165) is 0 Å². The molecule has 0 spiro atoms. The van der Waals surface area contributed by atoms with Gasteiger partial charge >= 0.3 is 0 Å². The maximum absolute atomic E-state index is 0. The molecular formula is CFeMnPS. The van der Waals surface area contributed by atoms with Crippen LogP contribution in [-0.4, -0.2) is 0 Å². The van der Waals surface area contributed by atoms with E-state index >= 15 is 0 Å². The molecule has 0 aromatic carbocycles. The van der Waals surface area contributed by atoms with Crippen molar-refractivity contribution in [3.8, 4) is 0 Å². The summed E-state index contributed by atoms with van der Waals surface area (Å²) < 4.78 is 0. The fourth-order valence-electron chi connectivity index (χ4n) is 0. The van der Waals surface area contributed by atoms with Crippen molar-refractivity contribution in [2.75, 3.05) is 0 Å². The summed E-state index contributed by atoms with van der Waals surface area (Å²) in [4.78, 5) is 0. The fourth-order valence-corrected chi connectivity index (χ4v) is 0. The second kappa shape index (κ2) is 40.8. The summed E-state index contributed by atoms with van der Waals surface area (Å²) in [5, 5.41) is 0. The van der Waals surface area contributed by atoms with Crippen molar-refractivity contribution in [2.24, 2.45) is 0 Å². The van der Waals surface area contributed by atoms with Crippen LogP contribution in [0.2, 0.25) is 0 Å². The van der Waals surface area contributed by atoms with Gasteiger partial charge in [-0.05, 0) is 0 Å². The van der Waals surface area contributed by atoms with E-state index in [1.54, 1.807) is 0 Å². The predicted octanol–water partition coefficient (Wildman–Crippen LogP) is 1.59. The van der Waals surface area contributed by atoms with E-state index < -0.39 is 0 Å². The Morgan fingerprint density at radius 1 is 1.00 bits per heavy atom. The first kappa shape index (κ1) is 69.8. The van der Waals surface area contributed by atoms with Crippen LogP contribution in [0.15, 0.2) is 0 Å². The van der Waals surface area contributed by atoms with Gasteiger partial charge in [0.1, 0.15) is 0 Å². The SMILES string of the molecule is [C].[Fe].[Mn].[P].[S]. The number of hydrogen-bond donors (Lipinski definition) is 0. The second-order valence-corrected chi connectivity index (χ2v) is 0. The van der Waals surface area contributed by atoms with Crippen LogP contribution in [0.3, 0.4) is 0 Å². The molecule has 30 valence electrons. The van der Waals surface area contributed by atoms with Crippen molar-refractivity contribution in [1.29, 1.82) is 0 Å². The molecule has 0 fully saturated rings. The van der Waals surface area contributed by atoms with Crippen molar-refractivity contribution in [1.82, 2.24) is 0 Å². The molecule has 0 unspecified atom stereocenters. The van der Waals surface area contributed by atoms with Gasteiger partial charge in [0.25, 0.3) is 0 Å². The maximum Gasteiger partial charge on any atom is 0 e. The molecule has 0 aliphatic heterocycles. The summed E-state index contributed by atoms with van der Waals surface area (Å²) in [7, 11) is 0. The molecule has 0 aromatic heterocycles. The van der Waals surface area contributed by atoms with E-state index in [9.17, 15) is 0 Å². The molecule has 0 heterocycles. The van der Waals surface area contributed by atoms with E-state index in [4.69, 9.17) is 0 Å². The normalized spacial score (nSPS) is 0. The molecule has 0 N–H and O–H groups in total. The van der Waals surface area contributed by atoms with Crippen molar-refractivity contribution >= 4 is 23.4 Å². The molecule has 5 heavy (non-hydrogen) atoms. The summed E-state index contributed by atoms with van der Waals surface area (Å²) in [6, 6.07) is 0. The van der Waals surface area contributed by atoms with Crippen LogP contribution in [0.1, 0.15) is 0 Å². The van der Waals surface area contributed by atoms with Crippen LogP contribution in [0.4, 0.5) is 0 Å². The second-order valence-electron chi connectivity index (χ2n) is 0. The zero-order valence-electron chi connectivity index (χ0n) is 2.09. The molecule has 0 saturated heterocycles. The van der Waals surface area contributed by atoms with Gasteiger partial charge in [-0.1, -0.05) is 0 Å². The summed E-state index contributed by atoms with van der Waals surface area (Å²) in [5.41, 5.74) is 0. The van der Waals surface area contributed by atoms with Gasteiger partial charge in [-0.2, -0.15) is 0 Å². The molecule has 0 nitrogen and oxygen atoms in total. The van der Waals surface area contributed by atoms with Crippen LogP contribution in [0, 0.1) is 7.43 Å². The minimum absolute atomic E-state index is 0. The van der Waals surface area contributed by atoms with Crippen LogP contribution >= 0.6 is 23.4 Å². The zero-order chi connectivity index (χ0) is 0. The van der Waals surface area contributed by atoms with Gasteiger partial charge in [0.05, 0.1) is 0 Å². The first-order valence-electron chi connectivity index (χ1n) is 0. The van der Waals surface area contributed by atoms with Gasteiger partial charge in [0, 0.05) is 65.0 Å². The van der Waals surface area contributed by atoms with Gasteiger partial charge in [-0.15, -0.1) is 0 Å². The van der Waals surface area contributed by atoms with E-state index in [1.165, 1.54) is 0 Å². The largest absolute Gasteiger partial charge is 0 e. The molecular weight excluding hydrogens is 186 g/mol. The van der Waals surface area contributed by atoms with Gasteiger partial charge < -0.3 is 0 Å². The average molecular weight is 186 g/mol. The van der Waals surface area contributed by atoms with Gasteiger partial charge in [0.15, 0.2) is 0 Å². The van der Waals surface area contributed by atoms with Crippen molar-refractivity contribution in [3.63, 3.8) is 0 Å². The molecule has 10 radical (unpaired) electrons. The quantitative estimate of drug-likeness (QED) is 0.397. The minimum atomic E-state index is 0. The van der Waals surface area contributed by atoms with Crippen molar-refractivity contribution < 1.29 is 34.1 Å². The van der Waals surface area contributed by atoms with Gasteiger partial charge in [-0.3, -0.25) is 0 Å². The minimum Gasteiger partial charge on any atom is 0 e.